The van der Waals surface area contributed by atoms with Gasteiger partial charge in [0.25, 0.3) is 0 Å². The van der Waals surface area contributed by atoms with Crippen molar-refractivity contribution in [3.05, 3.63) is 29.4 Å². The molecule has 5 heterocycles. The molecule has 1 fully saturated rings. The van der Waals surface area contributed by atoms with Gasteiger partial charge in [0.05, 0.1) is 16.3 Å². The summed E-state index contributed by atoms with van der Waals surface area (Å²) < 4.78 is 3.56. The van der Waals surface area contributed by atoms with Gasteiger partial charge in [-0.1, -0.05) is 6.42 Å². The Kier molecular flexibility index (Phi) is 3.47. The summed E-state index contributed by atoms with van der Waals surface area (Å²) in [7, 11) is 0. The zero-order valence-corrected chi connectivity index (χ0v) is 14.4. The summed E-state index contributed by atoms with van der Waals surface area (Å²) in [6, 6.07) is 2.35. The monoisotopic (exact) mass is 340 g/mol. The quantitative estimate of drug-likeness (QED) is 0.716. The molecule has 0 saturated carbocycles. The van der Waals surface area contributed by atoms with Gasteiger partial charge in [-0.15, -0.1) is 21.5 Å². The van der Waals surface area contributed by atoms with Gasteiger partial charge in [-0.05, 0) is 37.1 Å². The van der Waals surface area contributed by atoms with E-state index in [0.717, 1.165) is 43.1 Å². The highest BCUT2D eigenvalue weighted by Crippen LogP contribution is 2.39. The molecule has 7 heteroatoms. The molecule has 0 unspecified atom stereocenters. The molecule has 0 amide bonds. The van der Waals surface area contributed by atoms with Crippen molar-refractivity contribution in [1.82, 2.24) is 24.7 Å². The van der Waals surface area contributed by atoms with Crippen molar-refractivity contribution in [2.45, 2.75) is 51.1 Å². The third kappa shape index (κ3) is 2.22. The van der Waals surface area contributed by atoms with Crippen molar-refractivity contribution in [3.8, 4) is 0 Å². The first kappa shape index (κ1) is 14.3. The molecule has 124 valence electrons. The maximum atomic E-state index is 4.62. The van der Waals surface area contributed by atoms with Crippen LogP contribution in [0.15, 0.2) is 17.8 Å². The van der Waals surface area contributed by atoms with Crippen LogP contribution in [0.1, 0.15) is 49.8 Å². The fraction of sp³-hybridized carbons (Fsp3) is 0.529. The Balaban J connectivity index is 1.57. The first-order valence-electron chi connectivity index (χ1n) is 8.78. The minimum atomic E-state index is 0.282. The first-order chi connectivity index (χ1) is 11.9. The second kappa shape index (κ2) is 5.81. The Morgan fingerprint density at radius 3 is 3.04 bits per heavy atom. The Labute approximate surface area is 144 Å². The van der Waals surface area contributed by atoms with Gasteiger partial charge in [-0.25, -0.2) is 9.97 Å². The van der Waals surface area contributed by atoms with Crippen LogP contribution in [0.3, 0.4) is 0 Å². The molecule has 0 N–H and O–H groups in total. The molecular formula is C17H20N6S. The van der Waals surface area contributed by atoms with Gasteiger partial charge in [0.2, 0.25) is 0 Å². The summed E-state index contributed by atoms with van der Waals surface area (Å²) in [5.74, 6) is 3.36. The van der Waals surface area contributed by atoms with Crippen molar-refractivity contribution in [2.75, 3.05) is 11.4 Å². The summed E-state index contributed by atoms with van der Waals surface area (Å²) in [5, 5.41) is 11.2. The van der Waals surface area contributed by atoms with Gasteiger partial charge in [0.1, 0.15) is 12.2 Å². The molecule has 3 aromatic heterocycles. The van der Waals surface area contributed by atoms with Crippen LogP contribution in [0.4, 0.5) is 5.82 Å². The maximum absolute atomic E-state index is 4.62. The molecule has 0 radical (unpaired) electrons. The lowest BCUT2D eigenvalue weighted by Gasteiger charge is -2.25. The smallest absolute Gasteiger partial charge is 0.155 e. The molecule has 0 spiro atoms. The molecule has 1 saturated heterocycles. The van der Waals surface area contributed by atoms with Gasteiger partial charge < -0.3 is 9.47 Å². The Morgan fingerprint density at radius 2 is 2.04 bits per heavy atom. The van der Waals surface area contributed by atoms with E-state index in [0.29, 0.717) is 0 Å². The van der Waals surface area contributed by atoms with Gasteiger partial charge >= 0.3 is 0 Å². The van der Waals surface area contributed by atoms with E-state index >= 15 is 0 Å². The Hall–Kier alpha value is -2.02. The molecule has 1 atom stereocenters. The number of aryl methyl sites for hydroxylation is 1. The average molecular weight is 340 g/mol. The van der Waals surface area contributed by atoms with E-state index in [2.05, 4.69) is 41.1 Å². The normalized spacial score (nSPS) is 21.2. The van der Waals surface area contributed by atoms with Crippen LogP contribution in [-0.2, 0) is 13.0 Å². The average Bonchev–Trinajstić information content (AvgIpc) is 3.31. The zero-order valence-electron chi connectivity index (χ0n) is 13.6. The topological polar surface area (TPSA) is 59.7 Å². The van der Waals surface area contributed by atoms with Crippen molar-refractivity contribution >= 4 is 27.4 Å². The van der Waals surface area contributed by atoms with Gasteiger partial charge in [-0.2, -0.15) is 0 Å². The fourth-order valence-corrected chi connectivity index (χ4v) is 4.87. The Morgan fingerprint density at radius 1 is 1.04 bits per heavy atom. The molecule has 24 heavy (non-hydrogen) atoms. The summed E-state index contributed by atoms with van der Waals surface area (Å²) >= 11 is 1.72. The van der Waals surface area contributed by atoms with Crippen molar-refractivity contribution in [2.24, 2.45) is 0 Å². The lowest BCUT2D eigenvalue weighted by atomic mass is 10.2. The van der Waals surface area contributed by atoms with Crippen LogP contribution in [0.2, 0.25) is 0 Å². The minimum Gasteiger partial charge on any atom is -0.345 e. The highest BCUT2D eigenvalue weighted by atomic mass is 32.1. The van der Waals surface area contributed by atoms with Crippen LogP contribution >= 0.6 is 11.3 Å². The van der Waals surface area contributed by atoms with Crippen molar-refractivity contribution in [1.29, 1.82) is 0 Å². The summed E-state index contributed by atoms with van der Waals surface area (Å²) in [4.78, 5) is 11.4. The van der Waals surface area contributed by atoms with E-state index < -0.39 is 0 Å². The van der Waals surface area contributed by atoms with E-state index in [1.54, 1.807) is 17.7 Å². The van der Waals surface area contributed by atoms with Crippen LogP contribution in [0.25, 0.3) is 10.2 Å². The van der Waals surface area contributed by atoms with Gasteiger partial charge in [-0.3, -0.25) is 0 Å². The van der Waals surface area contributed by atoms with Crippen LogP contribution in [0.5, 0.6) is 0 Å². The van der Waals surface area contributed by atoms with Crippen LogP contribution in [0, 0.1) is 0 Å². The predicted molar refractivity (Wildman–Crippen MR) is 94.3 cm³/mol. The highest BCUT2D eigenvalue weighted by molar-refractivity contribution is 7.17. The van der Waals surface area contributed by atoms with E-state index in [9.17, 15) is 0 Å². The van der Waals surface area contributed by atoms with Crippen molar-refractivity contribution in [3.63, 3.8) is 0 Å². The number of thiophene rings is 1. The van der Waals surface area contributed by atoms with Crippen LogP contribution in [-0.4, -0.2) is 31.3 Å². The Bertz CT molecular complexity index is 869. The molecule has 3 aromatic rings. The van der Waals surface area contributed by atoms with Crippen molar-refractivity contribution < 1.29 is 0 Å². The zero-order chi connectivity index (χ0) is 15.9. The number of anilines is 1. The second-order valence-electron chi connectivity index (χ2n) is 6.62. The highest BCUT2D eigenvalue weighted by Gasteiger charge is 2.33. The summed E-state index contributed by atoms with van der Waals surface area (Å²) in [5.41, 5.74) is 1.04. The standard InChI is InChI=1S/C17H20N6S/c1-2-6-14-20-21-16(23(14)8-3-1)13-5-4-9-22(13)17-15-12(7-10-24-15)18-11-19-17/h7,10-11,13H,1-6,8-9H2/t13-/m1/s1. The van der Waals surface area contributed by atoms with E-state index in [1.165, 1.54) is 36.2 Å². The molecule has 0 bridgehead atoms. The maximum Gasteiger partial charge on any atom is 0.155 e. The number of hydrogen-bond donors (Lipinski definition) is 0. The molecule has 2 aliphatic heterocycles. The van der Waals surface area contributed by atoms with E-state index in [1.807, 2.05) is 0 Å². The van der Waals surface area contributed by atoms with Gasteiger partial charge in [0.15, 0.2) is 11.6 Å². The van der Waals surface area contributed by atoms with Crippen LogP contribution < -0.4 is 4.90 Å². The second-order valence-corrected chi connectivity index (χ2v) is 7.54. The summed E-state index contributed by atoms with van der Waals surface area (Å²) in [6.45, 7) is 2.08. The van der Waals surface area contributed by atoms with Gasteiger partial charge in [0, 0.05) is 19.5 Å². The predicted octanol–water partition coefficient (Wildman–Crippen LogP) is 3.35. The third-order valence-corrected chi connectivity index (χ3v) is 6.08. The lowest BCUT2D eigenvalue weighted by Crippen LogP contribution is -2.26. The number of fused-ring (bicyclic) bond motifs is 2. The molecule has 0 aliphatic carbocycles. The molecule has 6 nitrogen and oxygen atoms in total. The molecular weight excluding hydrogens is 320 g/mol. The number of aromatic nitrogens is 5. The number of rotatable bonds is 2. The first-order valence-corrected chi connectivity index (χ1v) is 9.66. The van der Waals surface area contributed by atoms with E-state index in [-0.39, 0.29) is 6.04 Å². The lowest BCUT2D eigenvalue weighted by molar-refractivity contribution is 0.558. The molecule has 0 aromatic carbocycles. The third-order valence-electron chi connectivity index (χ3n) is 5.19. The SMILES string of the molecule is c1nc(N2CCC[C@@H]2c2nnc3n2CCCCC3)c2sccc2n1. The molecule has 5 rings (SSSR count). The summed E-state index contributed by atoms with van der Waals surface area (Å²) in [6.07, 6.45) is 8.78. The van der Waals surface area contributed by atoms with E-state index in [4.69, 9.17) is 0 Å². The number of nitrogens with zero attached hydrogens (tertiary/aromatic N) is 6. The minimum absolute atomic E-state index is 0.282. The number of hydrogen-bond acceptors (Lipinski definition) is 6. The fourth-order valence-electron chi connectivity index (χ4n) is 4.02. The molecule has 2 aliphatic rings. The largest absolute Gasteiger partial charge is 0.345 e.